The molecule has 1 fully saturated rings. The van der Waals surface area contributed by atoms with E-state index in [0.29, 0.717) is 13.1 Å². The van der Waals surface area contributed by atoms with Gasteiger partial charge in [-0.15, -0.1) is 0 Å². The molecule has 1 saturated heterocycles. The van der Waals surface area contributed by atoms with E-state index in [1.807, 2.05) is 13.8 Å². The Morgan fingerprint density at radius 3 is 2.83 bits per heavy atom. The number of nitrogens with two attached hydrogens (primary N) is 1. The lowest BCUT2D eigenvalue weighted by Gasteiger charge is -2.12. The summed E-state index contributed by atoms with van der Waals surface area (Å²) in [5.41, 5.74) is 5.50. The maximum Gasteiger partial charge on any atom is 0.249 e. The highest BCUT2D eigenvalue weighted by Gasteiger charge is 2.29. The van der Waals surface area contributed by atoms with Gasteiger partial charge in [-0.3, -0.25) is 4.79 Å². The van der Waals surface area contributed by atoms with Crippen molar-refractivity contribution in [1.82, 2.24) is 5.32 Å². The number of carbonyl (C=O) groups excluding carboxylic acids is 1. The van der Waals surface area contributed by atoms with Gasteiger partial charge < -0.3 is 20.5 Å². The Bertz CT molecular complexity index is 246. The van der Waals surface area contributed by atoms with Gasteiger partial charge in [-0.2, -0.15) is 0 Å². The van der Waals surface area contributed by atoms with E-state index < -0.39 is 0 Å². The van der Waals surface area contributed by atoms with Gasteiger partial charge in [-0.05, 0) is 39.5 Å². The summed E-state index contributed by atoms with van der Waals surface area (Å²) in [7, 11) is 0. The van der Waals surface area contributed by atoms with Crippen LogP contribution >= 0.6 is 0 Å². The molecule has 1 heterocycles. The number of hydrogen-bond acceptors (Lipinski definition) is 4. The van der Waals surface area contributed by atoms with Gasteiger partial charge in [-0.25, -0.2) is 0 Å². The van der Waals surface area contributed by atoms with Crippen LogP contribution in [-0.4, -0.2) is 43.9 Å². The predicted octanol–water partition coefficient (Wildman–Crippen LogP) is 0.814. The largest absolute Gasteiger partial charge is 0.379 e. The minimum atomic E-state index is -0.300. The predicted molar refractivity (Wildman–Crippen MR) is 70.3 cm³/mol. The molecule has 1 rings (SSSR count). The van der Waals surface area contributed by atoms with Crippen LogP contribution in [-0.2, 0) is 14.3 Å². The van der Waals surface area contributed by atoms with Gasteiger partial charge in [0, 0.05) is 19.7 Å². The molecule has 1 amide bonds. The Morgan fingerprint density at radius 2 is 2.22 bits per heavy atom. The summed E-state index contributed by atoms with van der Waals surface area (Å²) < 4.78 is 10.9. The molecule has 1 aliphatic rings. The molecule has 0 aromatic heterocycles. The summed E-state index contributed by atoms with van der Waals surface area (Å²) >= 11 is 0. The summed E-state index contributed by atoms with van der Waals surface area (Å²) in [5, 5.41) is 2.90. The minimum absolute atomic E-state index is 0.00396. The van der Waals surface area contributed by atoms with Gasteiger partial charge in [0.15, 0.2) is 0 Å². The lowest BCUT2D eigenvalue weighted by Crippen LogP contribution is -2.36. The van der Waals surface area contributed by atoms with Crippen LogP contribution in [0.2, 0.25) is 0 Å². The van der Waals surface area contributed by atoms with Crippen molar-refractivity contribution in [2.24, 2.45) is 5.73 Å². The number of unbranched alkanes of at least 4 members (excludes halogenated alkanes) is 1. The third-order valence-corrected chi connectivity index (χ3v) is 2.98. The second-order valence-corrected chi connectivity index (χ2v) is 4.98. The van der Waals surface area contributed by atoms with E-state index in [1.165, 1.54) is 0 Å². The first-order chi connectivity index (χ1) is 8.63. The zero-order chi connectivity index (χ0) is 13.4. The Hall–Kier alpha value is -0.650. The van der Waals surface area contributed by atoms with Gasteiger partial charge in [0.05, 0.1) is 12.2 Å². The Kier molecular flexibility index (Phi) is 7.23. The average Bonchev–Trinajstić information content (AvgIpc) is 2.81. The zero-order valence-electron chi connectivity index (χ0n) is 11.5. The second-order valence-electron chi connectivity index (χ2n) is 4.98. The summed E-state index contributed by atoms with van der Waals surface area (Å²) in [5.74, 6) is -0.00396. The van der Waals surface area contributed by atoms with Gasteiger partial charge in [0.2, 0.25) is 5.91 Å². The van der Waals surface area contributed by atoms with Crippen molar-refractivity contribution in [3.05, 3.63) is 0 Å². The number of ether oxygens (including phenoxy) is 2. The molecule has 2 atom stereocenters. The summed E-state index contributed by atoms with van der Waals surface area (Å²) in [4.78, 5) is 11.7. The fourth-order valence-corrected chi connectivity index (χ4v) is 1.94. The van der Waals surface area contributed by atoms with Crippen molar-refractivity contribution in [3.63, 3.8) is 0 Å². The Morgan fingerprint density at radius 1 is 1.44 bits per heavy atom. The van der Waals surface area contributed by atoms with Crippen LogP contribution in [0.5, 0.6) is 0 Å². The van der Waals surface area contributed by atoms with Crippen LogP contribution in [0.25, 0.3) is 0 Å². The molecule has 106 valence electrons. The van der Waals surface area contributed by atoms with Gasteiger partial charge in [0.1, 0.15) is 6.10 Å². The Labute approximate surface area is 109 Å². The first-order valence-corrected chi connectivity index (χ1v) is 6.88. The molecule has 3 N–H and O–H groups in total. The number of carbonyl (C=O) groups is 1. The smallest absolute Gasteiger partial charge is 0.249 e. The molecule has 0 saturated carbocycles. The number of amides is 1. The van der Waals surface area contributed by atoms with Gasteiger partial charge in [-0.1, -0.05) is 0 Å². The van der Waals surface area contributed by atoms with E-state index in [9.17, 15) is 4.79 Å². The highest BCUT2D eigenvalue weighted by Crippen LogP contribution is 2.18. The van der Waals surface area contributed by atoms with Crippen LogP contribution < -0.4 is 11.1 Å². The topological polar surface area (TPSA) is 73.6 Å². The SMILES string of the molecule is CC(C)OCCCCNC(=O)C1CCC(CN)O1. The Balaban J connectivity index is 2.00. The third-order valence-electron chi connectivity index (χ3n) is 2.98. The second kappa shape index (κ2) is 8.45. The number of hydrogen-bond donors (Lipinski definition) is 2. The molecule has 0 radical (unpaired) electrons. The number of rotatable bonds is 8. The van der Waals surface area contributed by atoms with Crippen molar-refractivity contribution < 1.29 is 14.3 Å². The molecule has 0 bridgehead atoms. The van der Waals surface area contributed by atoms with Crippen molar-refractivity contribution in [3.8, 4) is 0 Å². The molecule has 0 spiro atoms. The van der Waals surface area contributed by atoms with E-state index in [-0.39, 0.29) is 24.2 Å². The highest BCUT2D eigenvalue weighted by atomic mass is 16.5. The van der Waals surface area contributed by atoms with Crippen LogP contribution in [0.15, 0.2) is 0 Å². The summed E-state index contributed by atoms with van der Waals surface area (Å²) in [6.07, 6.45) is 3.60. The van der Waals surface area contributed by atoms with E-state index in [4.69, 9.17) is 15.2 Å². The third kappa shape index (κ3) is 5.80. The quantitative estimate of drug-likeness (QED) is 0.632. The molecule has 2 unspecified atom stereocenters. The average molecular weight is 258 g/mol. The fraction of sp³-hybridized carbons (Fsp3) is 0.923. The van der Waals surface area contributed by atoms with Crippen LogP contribution in [0.1, 0.15) is 39.5 Å². The molecular weight excluding hydrogens is 232 g/mol. The van der Waals surface area contributed by atoms with Crippen LogP contribution in [0, 0.1) is 0 Å². The molecule has 0 aliphatic carbocycles. The van der Waals surface area contributed by atoms with E-state index in [0.717, 1.165) is 32.3 Å². The maximum atomic E-state index is 11.7. The molecular formula is C13H26N2O3. The molecule has 5 heteroatoms. The fourth-order valence-electron chi connectivity index (χ4n) is 1.94. The first kappa shape index (κ1) is 15.4. The zero-order valence-corrected chi connectivity index (χ0v) is 11.5. The van der Waals surface area contributed by atoms with Gasteiger partial charge in [0.25, 0.3) is 0 Å². The first-order valence-electron chi connectivity index (χ1n) is 6.88. The maximum absolute atomic E-state index is 11.7. The minimum Gasteiger partial charge on any atom is -0.379 e. The van der Waals surface area contributed by atoms with Crippen molar-refractivity contribution in [1.29, 1.82) is 0 Å². The number of nitrogens with one attached hydrogen (secondary N) is 1. The molecule has 0 aromatic carbocycles. The van der Waals surface area contributed by atoms with Crippen molar-refractivity contribution in [2.45, 2.75) is 57.8 Å². The van der Waals surface area contributed by atoms with Gasteiger partial charge >= 0.3 is 0 Å². The molecule has 18 heavy (non-hydrogen) atoms. The highest BCUT2D eigenvalue weighted by molar-refractivity contribution is 5.80. The molecule has 5 nitrogen and oxygen atoms in total. The lowest BCUT2D eigenvalue weighted by atomic mass is 10.2. The molecule has 0 aromatic rings. The van der Waals surface area contributed by atoms with Crippen molar-refractivity contribution in [2.75, 3.05) is 19.7 Å². The normalized spacial score (nSPS) is 23.6. The van der Waals surface area contributed by atoms with Crippen LogP contribution in [0.4, 0.5) is 0 Å². The van der Waals surface area contributed by atoms with Crippen LogP contribution in [0.3, 0.4) is 0 Å². The van der Waals surface area contributed by atoms with E-state index in [1.54, 1.807) is 0 Å². The lowest BCUT2D eigenvalue weighted by molar-refractivity contribution is -0.131. The molecule has 1 aliphatic heterocycles. The monoisotopic (exact) mass is 258 g/mol. The van der Waals surface area contributed by atoms with E-state index >= 15 is 0 Å². The summed E-state index contributed by atoms with van der Waals surface area (Å²) in [6.45, 7) is 5.98. The van der Waals surface area contributed by atoms with E-state index in [2.05, 4.69) is 5.32 Å². The standard InChI is InChI=1S/C13H26N2O3/c1-10(2)17-8-4-3-7-15-13(16)12-6-5-11(9-14)18-12/h10-12H,3-9,14H2,1-2H3,(H,15,16). The van der Waals surface area contributed by atoms with Crippen molar-refractivity contribution >= 4 is 5.91 Å². The summed E-state index contributed by atoms with van der Waals surface area (Å²) in [6, 6.07) is 0.